The molecule has 2 rings (SSSR count). The molecule has 6 nitrogen and oxygen atoms in total. The van der Waals surface area contributed by atoms with Crippen molar-refractivity contribution in [3.8, 4) is 0 Å². The Labute approximate surface area is 102 Å². The number of carbonyl (C=O) groups is 2. The average molecular weight is 250 g/mol. The standard InChI is InChI=1S/C10H10N4O2S/c11-8(15)7-2-1-6(5-13-7)9(16)14-10-12-3-4-17-10/h1-2,5H,3-4H2,(H2,11,15)(H,12,14,16). The van der Waals surface area contributed by atoms with Crippen molar-refractivity contribution < 1.29 is 9.59 Å². The molecule has 1 aromatic heterocycles. The van der Waals surface area contributed by atoms with Gasteiger partial charge in [0.2, 0.25) is 0 Å². The van der Waals surface area contributed by atoms with E-state index in [0.29, 0.717) is 10.7 Å². The molecule has 2 amide bonds. The number of carbonyl (C=O) groups excluding carboxylic acids is 2. The molecular weight excluding hydrogens is 240 g/mol. The van der Waals surface area contributed by atoms with Crippen LogP contribution in [0.1, 0.15) is 20.8 Å². The van der Waals surface area contributed by atoms with E-state index in [0.717, 1.165) is 12.3 Å². The monoisotopic (exact) mass is 250 g/mol. The molecule has 88 valence electrons. The van der Waals surface area contributed by atoms with Gasteiger partial charge in [-0.15, -0.1) is 0 Å². The summed E-state index contributed by atoms with van der Waals surface area (Å²) in [5, 5.41) is 3.28. The molecule has 0 radical (unpaired) electrons. The highest BCUT2D eigenvalue weighted by Crippen LogP contribution is 2.10. The molecule has 7 heteroatoms. The summed E-state index contributed by atoms with van der Waals surface area (Å²) in [7, 11) is 0. The number of amides is 2. The number of hydrogen-bond acceptors (Lipinski definition) is 5. The molecule has 1 aliphatic rings. The molecule has 0 aromatic carbocycles. The van der Waals surface area contributed by atoms with E-state index in [2.05, 4.69) is 15.3 Å². The van der Waals surface area contributed by atoms with Gasteiger partial charge in [-0.25, -0.2) is 0 Å². The maximum Gasteiger partial charge on any atom is 0.267 e. The Morgan fingerprint density at radius 3 is 2.76 bits per heavy atom. The number of aliphatic imine (C=N–C) groups is 1. The molecule has 2 heterocycles. The van der Waals surface area contributed by atoms with E-state index in [1.165, 1.54) is 30.1 Å². The third kappa shape index (κ3) is 2.82. The number of primary amides is 1. The van der Waals surface area contributed by atoms with Gasteiger partial charge in [0, 0.05) is 11.9 Å². The number of nitrogens with zero attached hydrogens (tertiary/aromatic N) is 2. The largest absolute Gasteiger partial charge is 0.364 e. The molecule has 17 heavy (non-hydrogen) atoms. The molecule has 0 fully saturated rings. The highest BCUT2D eigenvalue weighted by molar-refractivity contribution is 8.14. The average Bonchev–Trinajstić information content (AvgIpc) is 2.82. The van der Waals surface area contributed by atoms with Gasteiger partial charge in [0.1, 0.15) is 5.69 Å². The number of pyridine rings is 1. The Balaban J connectivity index is 2.06. The van der Waals surface area contributed by atoms with Crippen LogP contribution in [0.4, 0.5) is 0 Å². The fourth-order valence-corrected chi connectivity index (χ4v) is 1.98. The van der Waals surface area contributed by atoms with Gasteiger partial charge in [-0.05, 0) is 12.1 Å². The summed E-state index contributed by atoms with van der Waals surface area (Å²) in [4.78, 5) is 30.4. The first kappa shape index (κ1) is 11.6. The van der Waals surface area contributed by atoms with Crippen molar-refractivity contribution in [2.45, 2.75) is 0 Å². The normalized spacial score (nSPS) is 14.2. The Morgan fingerprint density at radius 2 is 2.24 bits per heavy atom. The second-order valence-electron chi connectivity index (χ2n) is 3.29. The van der Waals surface area contributed by atoms with Crippen molar-refractivity contribution in [1.29, 1.82) is 0 Å². The second kappa shape index (κ2) is 4.96. The van der Waals surface area contributed by atoms with Crippen molar-refractivity contribution in [3.63, 3.8) is 0 Å². The lowest BCUT2D eigenvalue weighted by molar-refractivity contribution is 0.0970. The molecular formula is C10H10N4O2S. The number of amidine groups is 1. The zero-order valence-electron chi connectivity index (χ0n) is 8.84. The minimum Gasteiger partial charge on any atom is -0.364 e. The van der Waals surface area contributed by atoms with Gasteiger partial charge in [0.25, 0.3) is 11.8 Å². The van der Waals surface area contributed by atoms with Crippen LogP contribution in [0.25, 0.3) is 0 Å². The number of thioether (sulfide) groups is 1. The van der Waals surface area contributed by atoms with Crippen molar-refractivity contribution in [2.24, 2.45) is 10.7 Å². The van der Waals surface area contributed by atoms with E-state index in [1.807, 2.05) is 0 Å². The van der Waals surface area contributed by atoms with Gasteiger partial charge < -0.3 is 11.1 Å². The molecule has 0 bridgehead atoms. The fraction of sp³-hybridized carbons (Fsp3) is 0.200. The first-order valence-corrected chi connectivity index (χ1v) is 5.90. The van der Waals surface area contributed by atoms with E-state index < -0.39 is 5.91 Å². The Bertz CT molecular complexity index is 484. The Kier molecular flexibility index (Phi) is 3.38. The van der Waals surface area contributed by atoms with Gasteiger partial charge in [-0.3, -0.25) is 19.6 Å². The summed E-state index contributed by atoms with van der Waals surface area (Å²) < 4.78 is 0. The third-order valence-electron chi connectivity index (χ3n) is 2.08. The van der Waals surface area contributed by atoms with Crippen molar-refractivity contribution >= 4 is 28.7 Å². The van der Waals surface area contributed by atoms with Crippen LogP contribution in [-0.4, -0.2) is 34.3 Å². The van der Waals surface area contributed by atoms with E-state index in [4.69, 9.17) is 5.73 Å². The summed E-state index contributed by atoms with van der Waals surface area (Å²) >= 11 is 1.50. The topological polar surface area (TPSA) is 97.4 Å². The molecule has 0 saturated heterocycles. The number of aromatic nitrogens is 1. The van der Waals surface area contributed by atoms with E-state index >= 15 is 0 Å². The third-order valence-corrected chi connectivity index (χ3v) is 2.98. The number of hydrogen-bond donors (Lipinski definition) is 2. The summed E-state index contributed by atoms with van der Waals surface area (Å²) in [6.45, 7) is 0.721. The molecule has 0 unspecified atom stereocenters. The van der Waals surface area contributed by atoms with Crippen LogP contribution >= 0.6 is 11.8 Å². The number of nitrogens with two attached hydrogens (primary N) is 1. The number of nitrogens with one attached hydrogen (secondary N) is 1. The van der Waals surface area contributed by atoms with Gasteiger partial charge in [-0.2, -0.15) is 0 Å². The van der Waals surface area contributed by atoms with Crippen LogP contribution in [0.2, 0.25) is 0 Å². The summed E-state index contributed by atoms with van der Waals surface area (Å²) in [6, 6.07) is 2.92. The molecule has 0 atom stereocenters. The number of rotatable bonds is 2. The minimum absolute atomic E-state index is 0.133. The predicted octanol–water partition coefficient (Wildman–Crippen LogP) is 0.0131. The Morgan fingerprint density at radius 1 is 1.41 bits per heavy atom. The Hall–Kier alpha value is -1.89. The zero-order valence-corrected chi connectivity index (χ0v) is 9.66. The SMILES string of the molecule is NC(=O)c1ccc(C(=O)NC2=NCCS2)cn1. The van der Waals surface area contributed by atoms with Gasteiger partial charge in [0.05, 0.1) is 12.1 Å². The predicted molar refractivity (Wildman–Crippen MR) is 65.0 cm³/mol. The first-order valence-electron chi connectivity index (χ1n) is 4.91. The highest BCUT2D eigenvalue weighted by atomic mass is 32.2. The maximum absolute atomic E-state index is 11.7. The summed E-state index contributed by atoms with van der Waals surface area (Å²) in [5.41, 5.74) is 5.55. The van der Waals surface area contributed by atoms with Crippen LogP contribution in [0.5, 0.6) is 0 Å². The second-order valence-corrected chi connectivity index (χ2v) is 4.37. The van der Waals surface area contributed by atoms with Crippen LogP contribution in [0.3, 0.4) is 0 Å². The molecule has 0 aliphatic carbocycles. The van der Waals surface area contributed by atoms with Crippen molar-refractivity contribution in [3.05, 3.63) is 29.6 Å². The van der Waals surface area contributed by atoms with E-state index in [-0.39, 0.29) is 11.6 Å². The molecule has 0 spiro atoms. The van der Waals surface area contributed by atoms with Gasteiger partial charge in [0.15, 0.2) is 5.17 Å². The first-order chi connectivity index (χ1) is 8.16. The van der Waals surface area contributed by atoms with Crippen LogP contribution in [0.15, 0.2) is 23.3 Å². The lowest BCUT2D eigenvalue weighted by Crippen LogP contribution is -2.27. The van der Waals surface area contributed by atoms with Crippen molar-refractivity contribution in [1.82, 2.24) is 10.3 Å². The fourth-order valence-electron chi connectivity index (χ4n) is 1.25. The lowest BCUT2D eigenvalue weighted by Gasteiger charge is -2.03. The van der Waals surface area contributed by atoms with E-state index in [9.17, 15) is 9.59 Å². The lowest BCUT2D eigenvalue weighted by atomic mass is 10.2. The molecule has 3 N–H and O–H groups in total. The van der Waals surface area contributed by atoms with Gasteiger partial charge in [-0.1, -0.05) is 11.8 Å². The molecule has 1 aliphatic heterocycles. The maximum atomic E-state index is 11.7. The minimum atomic E-state index is -0.618. The van der Waals surface area contributed by atoms with Crippen LogP contribution in [-0.2, 0) is 0 Å². The van der Waals surface area contributed by atoms with E-state index in [1.54, 1.807) is 0 Å². The zero-order chi connectivity index (χ0) is 12.3. The molecule has 0 saturated carbocycles. The highest BCUT2D eigenvalue weighted by Gasteiger charge is 2.13. The molecule has 1 aromatic rings. The smallest absolute Gasteiger partial charge is 0.267 e. The summed E-state index contributed by atoms with van der Waals surface area (Å²) in [5.74, 6) is -0.0246. The summed E-state index contributed by atoms with van der Waals surface area (Å²) in [6.07, 6.45) is 1.32. The van der Waals surface area contributed by atoms with Crippen molar-refractivity contribution in [2.75, 3.05) is 12.3 Å². The van der Waals surface area contributed by atoms with Gasteiger partial charge >= 0.3 is 0 Å². The quantitative estimate of drug-likeness (QED) is 0.772. The van der Waals surface area contributed by atoms with Crippen LogP contribution in [0, 0.1) is 0 Å². The van der Waals surface area contributed by atoms with Crippen LogP contribution < -0.4 is 11.1 Å².